The highest BCUT2D eigenvalue weighted by Gasteiger charge is 2.04. The maximum absolute atomic E-state index is 10.4. The van der Waals surface area contributed by atoms with Crippen LogP contribution < -0.4 is 5.48 Å². The van der Waals surface area contributed by atoms with E-state index >= 15 is 0 Å². The Bertz CT molecular complexity index is 193. The van der Waals surface area contributed by atoms with Crippen molar-refractivity contribution in [2.75, 3.05) is 6.61 Å². The first-order valence-electron chi connectivity index (χ1n) is 4.57. The van der Waals surface area contributed by atoms with Crippen LogP contribution in [0.1, 0.15) is 32.1 Å². The number of ether oxygens (including phenoxy) is 1. The number of nitrogens with one attached hydrogen (secondary N) is 1. The zero-order chi connectivity index (χ0) is 9.52. The Morgan fingerprint density at radius 2 is 2.15 bits per heavy atom. The molecule has 1 fully saturated rings. The summed E-state index contributed by atoms with van der Waals surface area (Å²) in [5.74, 6) is 0. The van der Waals surface area contributed by atoms with Gasteiger partial charge in [-0.15, -0.1) is 0 Å². The molecule has 0 saturated heterocycles. The van der Waals surface area contributed by atoms with Gasteiger partial charge in [-0.3, -0.25) is 5.21 Å². The van der Waals surface area contributed by atoms with Gasteiger partial charge in [0.05, 0.1) is 0 Å². The largest absolute Gasteiger partial charge is 0.444 e. The molecule has 0 radical (unpaired) electrons. The fourth-order valence-electron chi connectivity index (χ4n) is 1.48. The lowest BCUT2D eigenvalue weighted by molar-refractivity contribution is 0.0967. The van der Waals surface area contributed by atoms with Crippen molar-refractivity contribution in [1.29, 1.82) is 0 Å². The standard InChI is InChI=1S/C9H15NO3/c11-9(10-12)13-7-6-8-4-2-1-3-5-8/h6,12H,1-5,7H2,(H,10,11). The smallest absolute Gasteiger partial charge is 0.431 e. The van der Waals surface area contributed by atoms with Gasteiger partial charge in [0.1, 0.15) is 6.61 Å². The quantitative estimate of drug-likeness (QED) is 0.393. The van der Waals surface area contributed by atoms with E-state index in [0.29, 0.717) is 0 Å². The maximum atomic E-state index is 10.4. The van der Waals surface area contributed by atoms with Crippen molar-refractivity contribution < 1.29 is 14.7 Å². The number of rotatable bonds is 2. The second kappa shape index (κ2) is 5.59. The van der Waals surface area contributed by atoms with E-state index in [2.05, 4.69) is 4.74 Å². The van der Waals surface area contributed by atoms with Crippen molar-refractivity contribution in [3.63, 3.8) is 0 Å². The minimum atomic E-state index is -0.798. The van der Waals surface area contributed by atoms with E-state index in [9.17, 15) is 4.79 Å². The molecule has 74 valence electrons. The number of carbonyl (C=O) groups excluding carboxylic acids is 1. The second-order valence-electron chi connectivity index (χ2n) is 3.13. The normalized spacial score (nSPS) is 16.5. The van der Waals surface area contributed by atoms with Gasteiger partial charge in [-0.25, -0.2) is 10.3 Å². The summed E-state index contributed by atoms with van der Waals surface area (Å²) in [5.41, 5.74) is 2.77. The topological polar surface area (TPSA) is 58.6 Å². The molecule has 1 saturated carbocycles. The lowest BCUT2D eigenvalue weighted by Crippen LogP contribution is -2.19. The minimum Gasteiger partial charge on any atom is -0.444 e. The highest BCUT2D eigenvalue weighted by molar-refractivity contribution is 5.65. The number of carbonyl (C=O) groups is 1. The van der Waals surface area contributed by atoms with E-state index in [0.717, 1.165) is 12.8 Å². The Balaban J connectivity index is 2.18. The van der Waals surface area contributed by atoms with Crippen LogP contribution in [0.3, 0.4) is 0 Å². The third-order valence-corrected chi connectivity index (χ3v) is 2.17. The summed E-state index contributed by atoms with van der Waals surface area (Å²) < 4.78 is 4.62. The average molecular weight is 185 g/mol. The van der Waals surface area contributed by atoms with Gasteiger partial charge in [0.25, 0.3) is 0 Å². The Labute approximate surface area is 77.5 Å². The van der Waals surface area contributed by atoms with Crippen molar-refractivity contribution in [2.45, 2.75) is 32.1 Å². The monoisotopic (exact) mass is 185 g/mol. The Morgan fingerprint density at radius 3 is 2.77 bits per heavy atom. The first-order valence-corrected chi connectivity index (χ1v) is 4.57. The summed E-state index contributed by atoms with van der Waals surface area (Å²) in [6, 6.07) is 0. The van der Waals surface area contributed by atoms with Gasteiger partial charge in [0.15, 0.2) is 0 Å². The molecule has 0 aromatic rings. The first kappa shape index (κ1) is 10.1. The molecule has 0 unspecified atom stereocenters. The van der Waals surface area contributed by atoms with Crippen LogP contribution >= 0.6 is 0 Å². The van der Waals surface area contributed by atoms with Crippen LogP contribution in [-0.2, 0) is 4.74 Å². The van der Waals surface area contributed by atoms with Crippen LogP contribution in [0, 0.1) is 0 Å². The van der Waals surface area contributed by atoms with Crippen LogP contribution in [0.15, 0.2) is 11.6 Å². The Kier molecular flexibility index (Phi) is 4.32. The molecule has 0 atom stereocenters. The van der Waals surface area contributed by atoms with E-state index in [4.69, 9.17) is 5.21 Å². The number of hydroxylamine groups is 1. The van der Waals surface area contributed by atoms with Crippen molar-refractivity contribution in [2.24, 2.45) is 0 Å². The molecular weight excluding hydrogens is 170 g/mol. The van der Waals surface area contributed by atoms with Crippen molar-refractivity contribution in [1.82, 2.24) is 5.48 Å². The van der Waals surface area contributed by atoms with E-state index in [-0.39, 0.29) is 6.61 Å². The van der Waals surface area contributed by atoms with Crippen molar-refractivity contribution in [3.05, 3.63) is 11.6 Å². The maximum Gasteiger partial charge on any atom is 0.431 e. The van der Waals surface area contributed by atoms with Crippen LogP contribution in [0.25, 0.3) is 0 Å². The molecule has 4 nitrogen and oxygen atoms in total. The molecule has 0 heterocycles. The lowest BCUT2D eigenvalue weighted by atomic mass is 9.95. The summed E-state index contributed by atoms with van der Waals surface area (Å²) in [7, 11) is 0. The summed E-state index contributed by atoms with van der Waals surface area (Å²) in [4.78, 5) is 10.4. The summed E-state index contributed by atoms with van der Waals surface area (Å²) >= 11 is 0. The molecule has 0 aliphatic heterocycles. The van der Waals surface area contributed by atoms with Gasteiger partial charge in [0.2, 0.25) is 0 Å². The minimum absolute atomic E-state index is 0.252. The number of hydrogen-bond donors (Lipinski definition) is 2. The van der Waals surface area contributed by atoms with E-state index < -0.39 is 6.09 Å². The van der Waals surface area contributed by atoms with Crippen LogP contribution in [0.2, 0.25) is 0 Å². The molecule has 0 aromatic carbocycles. The number of allylic oxidation sites excluding steroid dienone is 1. The van der Waals surface area contributed by atoms with Gasteiger partial charge in [-0.05, 0) is 31.8 Å². The van der Waals surface area contributed by atoms with Crippen LogP contribution in [-0.4, -0.2) is 17.9 Å². The SMILES string of the molecule is O=C(NO)OCC=C1CCCCC1. The summed E-state index contributed by atoms with van der Waals surface area (Å²) in [6.07, 6.45) is 7.13. The van der Waals surface area contributed by atoms with E-state index in [1.54, 1.807) is 0 Å². The third-order valence-electron chi connectivity index (χ3n) is 2.17. The predicted molar refractivity (Wildman–Crippen MR) is 47.4 cm³/mol. The Morgan fingerprint density at radius 1 is 1.46 bits per heavy atom. The molecule has 13 heavy (non-hydrogen) atoms. The van der Waals surface area contributed by atoms with Crippen molar-refractivity contribution >= 4 is 6.09 Å². The van der Waals surface area contributed by atoms with E-state index in [1.165, 1.54) is 30.3 Å². The number of hydrogen-bond acceptors (Lipinski definition) is 3. The van der Waals surface area contributed by atoms with Crippen LogP contribution in [0.5, 0.6) is 0 Å². The fraction of sp³-hybridized carbons (Fsp3) is 0.667. The Hall–Kier alpha value is -1.03. The zero-order valence-electron chi connectivity index (χ0n) is 7.58. The summed E-state index contributed by atoms with van der Waals surface area (Å²) in [6.45, 7) is 0.252. The molecule has 1 amide bonds. The molecule has 0 aromatic heterocycles. The lowest BCUT2D eigenvalue weighted by Gasteiger charge is -2.13. The second-order valence-corrected chi connectivity index (χ2v) is 3.13. The molecule has 4 heteroatoms. The molecular formula is C9H15NO3. The van der Waals surface area contributed by atoms with Gasteiger partial charge < -0.3 is 4.74 Å². The highest BCUT2D eigenvalue weighted by atomic mass is 16.6. The zero-order valence-corrected chi connectivity index (χ0v) is 7.58. The fourth-order valence-corrected chi connectivity index (χ4v) is 1.48. The van der Waals surface area contributed by atoms with Gasteiger partial charge >= 0.3 is 6.09 Å². The van der Waals surface area contributed by atoms with Crippen molar-refractivity contribution in [3.8, 4) is 0 Å². The van der Waals surface area contributed by atoms with Gasteiger partial charge in [-0.2, -0.15) is 0 Å². The van der Waals surface area contributed by atoms with Gasteiger partial charge in [0, 0.05) is 0 Å². The van der Waals surface area contributed by atoms with Gasteiger partial charge in [-0.1, -0.05) is 12.0 Å². The molecule has 2 N–H and O–H groups in total. The summed E-state index contributed by atoms with van der Waals surface area (Å²) in [5, 5.41) is 8.13. The predicted octanol–water partition coefficient (Wildman–Crippen LogP) is 1.99. The molecule has 1 aliphatic carbocycles. The highest BCUT2D eigenvalue weighted by Crippen LogP contribution is 2.22. The molecule has 0 bridgehead atoms. The third kappa shape index (κ3) is 3.94. The number of amides is 1. The molecule has 1 rings (SSSR count). The first-order chi connectivity index (χ1) is 6.33. The average Bonchev–Trinajstić information content (AvgIpc) is 2.19. The van der Waals surface area contributed by atoms with Crippen LogP contribution in [0.4, 0.5) is 4.79 Å². The molecule has 1 aliphatic rings. The van der Waals surface area contributed by atoms with E-state index in [1.807, 2.05) is 6.08 Å². The molecule has 0 spiro atoms.